The summed E-state index contributed by atoms with van der Waals surface area (Å²) in [4.78, 5) is 16.1. The van der Waals surface area contributed by atoms with Crippen LogP contribution in [0.5, 0.6) is 0 Å². The van der Waals surface area contributed by atoms with Gasteiger partial charge in [0.05, 0.1) is 12.1 Å². The van der Waals surface area contributed by atoms with Crippen molar-refractivity contribution >= 4 is 17.7 Å². The molecule has 0 spiro atoms. The Bertz CT molecular complexity index is 418. The third-order valence-corrected chi connectivity index (χ3v) is 3.80. The summed E-state index contributed by atoms with van der Waals surface area (Å²) in [6.45, 7) is 6.97. The monoisotopic (exact) mass is 296 g/mol. The lowest BCUT2D eigenvalue weighted by atomic mass is 10.2. The summed E-state index contributed by atoms with van der Waals surface area (Å²) in [7, 11) is 1.43. The smallest absolute Gasteiger partial charge is 0.322 e. The molecule has 0 amide bonds. The molecule has 1 heterocycles. The Morgan fingerprint density at radius 1 is 1.45 bits per heavy atom. The fourth-order valence-corrected chi connectivity index (χ4v) is 2.96. The summed E-state index contributed by atoms with van der Waals surface area (Å²) in [5.74, 6) is 0.652. The van der Waals surface area contributed by atoms with Gasteiger partial charge in [-0.2, -0.15) is 0 Å². The number of aromatic nitrogens is 1. The van der Waals surface area contributed by atoms with Gasteiger partial charge >= 0.3 is 5.97 Å². The SMILES string of the molecule is CCCNC(CCSc1cc(C)cc(C)n1)C(=O)OC. The van der Waals surface area contributed by atoms with Crippen molar-refractivity contribution in [3.8, 4) is 0 Å². The van der Waals surface area contributed by atoms with Crippen LogP contribution in [0.2, 0.25) is 0 Å². The van der Waals surface area contributed by atoms with Crippen LogP contribution in [-0.2, 0) is 9.53 Å². The van der Waals surface area contributed by atoms with Gasteiger partial charge in [0.25, 0.3) is 0 Å². The highest BCUT2D eigenvalue weighted by atomic mass is 32.2. The Labute approximate surface area is 125 Å². The molecule has 20 heavy (non-hydrogen) atoms. The predicted octanol–water partition coefficient (Wildman–Crippen LogP) is 2.72. The van der Waals surface area contributed by atoms with Gasteiger partial charge in [0.2, 0.25) is 0 Å². The molecule has 0 aromatic carbocycles. The van der Waals surface area contributed by atoms with E-state index >= 15 is 0 Å². The van der Waals surface area contributed by atoms with Gasteiger partial charge < -0.3 is 10.1 Å². The summed E-state index contributed by atoms with van der Waals surface area (Å²) in [6.07, 6.45) is 1.74. The largest absolute Gasteiger partial charge is 0.468 e. The molecule has 4 nitrogen and oxygen atoms in total. The van der Waals surface area contributed by atoms with Crippen LogP contribution in [0.25, 0.3) is 0 Å². The molecule has 0 bridgehead atoms. The number of nitrogens with zero attached hydrogens (tertiary/aromatic N) is 1. The zero-order chi connectivity index (χ0) is 15.0. The topological polar surface area (TPSA) is 51.2 Å². The lowest BCUT2D eigenvalue weighted by Crippen LogP contribution is -2.38. The average molecular weight is 296 g/mol. The first kappa shape index (κ1) is 17.0. The Morgan fingerprint density at radius 2 is 2.20 bits per heavy atom. The van der Waals surface area contributed by atoms with Crippen molar-refractivity contribution in [2.75, 3.05) is 19.4 Å². The van der Waals surface area contributed by atoms with E-state index in [1.807, 2.05) is 6.92 Å². The summed E-state index contributed by atoms with van der Waals surface area (Å²) >= 11 is 1.68. The van der Waals surface area contributed by atoms with Gasteiger partial charge in [-0.3, -0.25) is 4.79 Å². The summed E-state index contributed by atoms with van der Waals surface area (Å²) < 4.78 is 4.82. The molecule has 1 atom stereocenters. The number of pyridine rings is 1. The van der Waals surface area contributed by atoms with Gasteiger partial charge in [-0.25, -0.2) is 4.98 Å². The van der Waals surface area contributed by atoms with Crippen LogP contribution in [0.3, 0.4) is 0 Å². The number of hydrogen-bond donors (Lipinski definition) is 1. The first-order valence-electron chi connectivity index (χ1n) is 6.96. The number of aryl methyl sites for hydroxylation is 2. The first-order valence-corrected chi connectivity index (χ1v) is 7.94. The summed E-state index contributed by atoms with van der Waals surface area (Å²) in [6, 6.07) is 3.91. The Hall–Kier alpha value is -1.07. The average Bonchev–Trinajstić information content (AvgIpc) is 2.40. The molecule has 0 aliphatic heterocycles. The minimum Gasteiger partial charge on any atom is -0.468 e. The van der Waals surface area contributed by atoms with Crippen LogP contribution >= 0.6 is 11.8 Å². The number of esters is 1. The molecule has 5 heteroatoms. The zero-order valence-electron chi connectivity index (χ0n) is 12.7. The Morgan fingerprint density at radius 3 is 2.80 bits per heavy atom. The van der Waals surface area contributed by atoms with Crippen molar-refractivity contribution in [3.05, 3.63) is 23.4 Å². The maximum atomic E-state index is 11.7. The second-order valence-corrected chi connectivity index (χ2v) is 5.91. The highest BCUT2D eigenvalue weighted by Crippen LogP contribution is 2.19. The lowest BCUT2D eigenvalue weighted by molar-refractivity contribution is -0.143. The summed E-state index contributed by atoms with van der Waals surface area (Å²) in [5.41, 5.74) is 2.25. The maximum Gasteiger partial charge on any atom is 0.322 e. The molecule has 1 N–H and O–H groups in total. The van der Waals surface area contributed by atoms with Crippen molar-refractivity contribution in [1.29, 1.82) is 0 Å². The Balaban J connectivity index is 2.48. The molecule has 0 radical (unpaired) electrons. The van der Waals surface area contributed by atoms with Gasteiger partial charge in [-0.1, -0.05) is 6.92 Å². The molecule has 1 unspecified atom stereocenters. The van der Waals surface area contributed by atoms with E-state index in [1.54, 1.807) is 11.8 Å². The number of rotatable bonds is 8. The van der Waals surface area contributed by atoms with Crippen molar-refractivity contribution in [2.24, 2.45) is 0 Å². The van der Waals surface area contributed by atoms with Gasteiger partial charge in [-0.15, -0.1) is 11.8 Å². The van der Waals surface area contributed by atoms with Gasteiger partial charge in [0.15, 0.2) is 0 Å². The maximum absolute atomic E-state index is 11.7. The Kier molecular flexibility index (Phi) is 7.62. The number of methoxy groups -OCH3 is 1. The molecule has 1 rings (SSSR count). The molecule has 0 aliphatic rings. The minimum absolute atomic E-state index is 0.188. The standard InChI is InChI=1S/C15H24N2O2S/c1-5-7-16-13(15(18)19-4)6-8-20-14-10-11(2)9-12(3)17-14/h9-10,13,16H,5-8H2,1-4H3. The fraction of sp³-hybridized carbons (Fsp3) is 0.600. The molecule has 1 aromatic rings. The number of carbonyl (C=O) groups is 1. The normalized spacial score (nSPS) is 12.2. The van der Waals surface area contributed by atoms with Gasteiger partial charge in [-0.05, 0) is 50.9 Å². The van der Waals surface area contributed by atoms with Gasteiger partial charge in [0.1, 0.15) is 6.04 Å². The minimum atomic E-state index is -0.224. The molecule has 112 valence electrons. The van der Waals surface area contributed by atoms with E-state index in [-0.39, 0.29) is 12.0 Å². The van der Waals surface area contributed by atoms with E-state index in [4.69, 9.17) is 4.74 Å². The number of ether oxygens (including phenoxy) is 1. The molecule has 0 fully saturated rings. The predicted molar refractivity (Wildman–Crippen MR) is 83.1 cm³/mol. The van der Waals surface area contributed by atoms with E-state index in [9.17, 15) is 4.79 Å². The number of hydrogen-bond acceptors (Lipinski definition) is 5. The van der Waals surface area contributed by atoms with E-state index in [0.717, 1.165) is 35.9 Å². The van der Waals surface area contributed by atoms with Crippen molar-refractivity contribution in [3.63, 3.8) is 0 Å². The van der Waals surface area contributed by atoms with Crippen molar-refractivity contribution in [1.82, 2.24) is 10.3 Å². The number of thioether (sulfide) groups is 1. The second-order valence-electron chi connectivity index (χ2n) is 4.79. The lowest BCUT2D eigenvalue weighted by Gasteiger charge is -2.15. The highest BCUT2D eigenvalue weighted by Gasteiger charge is 2.17. The second kappa shape index (κ2) is 8.97. The van der Waals surface area contributed by atoms with E-state index < -0.39 is 0 Å². The molecule has 0 saturated heterocycles. The van der Waals surface area contributed by atoms with Crippen molar-refractivity contribution < 1.29 is 9.53 Å². The van der Waals surface area contributed by atoms with Crippen LogP contribution in [0, 0.1) is 13.8 Å². The van der Waals surface area contributed by atoms with Crippen molar-refractivity contribution in [2.45, 2.75) is 44.7 Å². The quantitative estimate of drug-likeness (QED) is 0.590. The fourth-order valence-electron chi connectivity index (χ4n) is 1.92. The molecule has 0 aliphatic carbocycles. The van der Waals surface area contributed by atoms with E-state index in [0.29, 0.717) is 0 Å². The van der Waals surface area contributed by atoms with E-state index in [1.165, 1.54) is 12.7 Å². The molecular formula is C15H24N2O2S. The van der Waals surface area contributed by atoms with Crippen LogP contribution < -0.4 is 5.32 Å². The van der Waals surface area contributed by atoms with Crippen LogP contribution in [0.15, 0.2) is 17.2 Å². The number of nitrogens with one attached hydrogen (secondary N) is 1. The molecule has 1 aromatic heterocycles. The molecular weight excluding hydrogens is 272 g/mol. The third kappa shape index (κ3) is 5.92. The van der Waals surface area contributed by atoms with Crippen LogP contribution in [0.4, 0.5) is 0 Å². The van der Waals surface area contributed by atoms with Gasteiger partial charge in [0, 0.05) is 11.4 Å². The third-order valence-electron chi connectivity index (χ3n) is 2.86. The van der Waals surface area contributed by atoms with Crippen LogP contribution in [-0.4, -0.2) is 36.4 Å². The van der Waals surface area contributed by atoms with E-state index in [2.05, 4.69) is 36.3 Å². The highest BCUT2D eigenvalue weighted by molar-refractivity contribution is 7.99. The zero-order valence-corrected chi connectivity index (χ0v) is 13.5. The molecule has 0 saturated carbocycles. The summed E-state index contributed by atoms with van der Waals surface area (Å²) in [5, 5.41) is 4.24. The van der Waals surface area contributed by atoms with Crippen LogP contribution in [0.1, 0.15) is 31.0 Å². The first-order chi connectivity index (χ1) is 9.56. The number of carbonyl (C=O) groups excluding carboxylic acids is 1.